The van der Waals surface area contributed by atoms with E-state index in [4.69, 9.17) is 21.9 Å². The number of carbonyl (C=O) groups is 1. The number of esters is 1. The quantitative estimate of drug-likeness (QED) is 0.270. The third kappa shape index (κ3) is 3.83. The molecule has 0 radical (unpaired) electrons. The van der Waals surface area contributed by atoms with Crippen LogP contribution in [0.1, 0.15) is 12.5 Å². The van der Waals surface area contributed by atoms with E-state index < -0.39 is 5.97 Å². The molecule has 1 aromatic rings. The van der Waals surface area contributed by atoms with Crippen LogP contribution in [-0.2, 0) is 9.53 Å². The number of rotatable bonds is 4. The molecule has 0 aliphatic heterocycles. The lowest BCUT2D eigenvalue weighted by Gasteiger charge is -2.02. The van der Waals surface area contributed by atoms with E-state index in [0.29, 0.717) is 10.6 Å². The molecule has 0 heterocycles. The van der Waals surface area contributed by atoms with Crippen LogP contribution in [0.4, 0.5) is 0 Å². The van der Waals surface area contributed by atoms with E-state index in [1.54, 1.807) is 31.2 Å². The highest BCUT2D eigenvalue weighted by Crippen LogP contribution is 2.19. The SMILES string of the molecule is CCOC(=O)C(=Cc1ccccc1Cl)N=[N+]=[N-]. The molecule has 0 saturated carbocycles. The van der Waals surface area contributed by atoms with Crippen LogP contribution in [-0.4, -0.2) is 12.6 Å². The van der Waals surface area contributed by atoms with E-state index in [2.05, 4.69) is 10.0 Å². The minimum absolute atomic E-state index is 0.123. The predicted molar refractivity (Wildman–Crippen MR) is 65.2 cm³/mol. The Balaban J connectivity index is 3.11. The molecule has 6 heteroatoms. The molecule has 0 aliphatic rings. The van der Waals surface area contributed by atoms with Crippen LogP contribution in [0.15, 0.2) is 35.1 Å². The summed E-state index contributed by atoms with van der Waals surface area (Å²) in [4.78, 5) is 14.0. The Hall–Kier alpha value is -1.97. The van der Waals surface area contributed by atoms with Crippen molar-refractivity contribution in [2.45, 2.75) is 6.92 Å². The number of azide groups is 1. The fraction of sp³-hybridized carbons (Fsp3) is 0.182. The maximum absolute atomic E-state index is 11.5. The van der Waals surface area contributed by atoms with Crippen LogP contribution < -0.4 is 0 Å². The van der Waals surface area contributed by atoms with Crippen molar-refractivity contribution < 1.29 is 9.53 Å². The van der Waals surface area contributed by atoms with Crippen molar-refractivity contribution in [1.29, 1.82) is 0 Å². The summed E-state index contributed by atoms with van der Waals surface area (Å²) in [5.74, 6) is -0.676. The summed E-state index contributed by atoms with van der Waals surface area (Å²) in [6.07, 6.45) is 1.39. The van der Waals surface area contributed by atoms with Gasteiger partial charge in [0.15, 0.2) is 0 Å². The smallest absolute Gasteiger partial charge is 0.340 e. The number of hydrogen-bond acceptors (Lipinski definition) is 3. The molecule has 5 nitrogen and oxygen atoms in total. The van der Waals surface area contributed by atoms with Gasteiger partial charge in [-0.05, 0) is 30.2 Å². The van der Waals surface area contributed by atoms with Gasteiger partial charge >= 0.3 is 5.97 Å². The lowest BCUT2D eigenvalue weighted by Crippen LogP contribution is -2.05. The number of hydrogen-bond donors (Lipinski definition) is 0. The summed E-state index contributed by atoms with van der Waals surface area (Å²) in [6.45, 7) is 1.88. The number of carbonyl (C=O) groups excluding carboxylic acids is 1. The molecule has 0 unspecified atom stereocenters. The van der Waals surface area contributed by atoms with Gasteiger partial charge in [-0.3, -0.25) is 0 Å². The van der Waals surface area contributed by atoms with E-state index in [9.17, 15) is 4.79 Å². The van der Waals surface area contributed by atoms with E-state index in [-0.39, 0.29) is 12.3 Å². The normalized spacial score (nSPS) is 10.6. The molecular weight excluding hydrogens is 242 g/mol. The van der Waals surface area contributed by atoms with Gasteiger partial charge in [-0.15, -0.1) is 0 Å². The van der Waals surface area contributed by atoms with Crippen LogP contribution in [0.25, 0.3) is 16.5 Å². The summed E-state index contributed by atoms with van der Waals surface area (Å²) in [7, 11) is 0. The molecular formula is C11H10ClN3O2. The zero-order valence-corrected chi connectivity index (χ0v) is 9.89. The maximum atomic E-state index is 11.5. The van der Waals surface area contributed by atoms with Crippen LogP contribution in [0.2, 0.25) is 5.02 Å². The first-order valence-electron chi connectivity index (χ1n) is 4.87. The van der Waals surface area contributed by atoms with Gasteiger partial charge in [0.2, 0.25) is 0 Å². The first-order chi connectivity index (χ1) is 8.19. The standard InChI is InChI=1S/C11H10ClN3O2/c1-2-17-11(16)10(14-15-13)7-8-5-3-4-6-9(8)12/h3-7H,2H2,1H3. The Morgan fingerprint density at radius 2 is 2.29 bits per heavy atom. The number of ether oxygens (including phenoxy) is 1. The lowest BCUT2D eigenvalue weighted by molar-refractivity contribution is -0.138. The highest BCUT2D eigenvalue weighted by Gasteiger charge is 2.09. The van der Waals surface area contributed by atoms with Crippen molar-refractivity contribution in [2.24, 2.45) is 5.11 Å². The average molecular weight is 252 g/mol. The molecule has 0 aromatic heterocycles. The second kappa shape index (κ2) is 6.58. The fourth-order valence-corrected chi connectivity index (χ4v) is 1.31. The molecule has 0 amide bonds. The van der Waals surface area contributed by atoms with Gasteiger partial charge in [0, 0.05) is 9.93 Å². The summed E-state index contributed by atoms with van der Waals surface area (Å²) in [5.41, 5.74) is 8.84. The summed E-state index contributed by atoms with van der Waals surface area (Å²) >= 11 is 5.92. The van der Waals surface area contributed by atoms with Gasteiger partial charge in [0.25, 0.3) is 0 Å². The lowest BCUT2D eigenvalue weighted by atomic mass is 10.2. The van der Waals surface area contributed by atoms with Crippen LogP contribution in [0.5, 0.6) is 0 Å². The summed E-state index contributed by atoms with van der Waals surface area (Å²) in [5, 5.41) is 3.75. The van der Waals surface area contributed by atoms with Crippen LogP contribution >= 0.6 is 11.6 Å². The van der Waals surface area contributed by atoms with E-state index >= 15 is 0 Å². The maximum Gasteiger partial charge on any atom is 0.340 e. The summed E-state index contributed by atoms with van der Waals surface area (Å²) < 4.78 is 4.75. The van der Waals surface area contributed by atoms with Crippen LogP contribution in [0, 0.1) is 0 Å². The third-order valence-electron chi connectivity index (χ3n) is 1.83. The monoisotopic (exact) mass is 251 g/mol. The first-order valence-corrected chi connectivity index (χ1v) is 5.25. The van der Waals surface area contributed by atoms with Crippen molar-refractivity contribution in [2.75, 3.05) is 6.61 Å². The third-order valence-corrected chi connectivity index (χ3v) is 2.18. The Bertz CT molecular complexity index is 493. The number of halogens is 1. The molecule has 1 aromatic carbocycles. The second-order valence-electron chi connectivity index (χ2n) is 2.96. The van der Waals surface area contributed by atoms with Crippen molar-refractivity contribution in [3.05, 3.63) is 51.0 Å². The van der Waals surface area contributed by atoms with E-state index in [0.717, 1.165) is 0 Å². The van der Waals surface area contributed by atoms with E-state index in [1.165, 1.54) is 6.08 Å². The predicted octanol–water partition coefficient (Wildman–Crippen LogP) is 3.55. The molecule has 17 heavy (non-hydrogen) atoms. The molecule has 0 bridgehead atoms. The fourth-order valence-electron chi connectivity index (χ4n) is 1.12. The molecule has 0 atom stereocenters. The topological polar surface area (TPSA) is 75.1 Å². The van der Waals surface area contributed by atoms with Gasteiger partial charge in [0.05, 0.1) is 6.61 Å². The zero-order valence-electron chi connectivity index (χ0n) is 9.13. The highest BCUT2D eigenvalue weighted by molar-refractivity contribution is 6.32. The minimum atomic E-state index is -0.676. The van der Waals surface area contributed by atoms with Crippen molar-refractivity contribution in [1.82, 2.24) is 0 Å². The Kier molecular flexibility index (Phi) is 5.07. The van der Waals surface area contributed by atoms with Gasteiger partial charge in [-0.2, -0.15) is 0 Å². The zero-order chi connectivity index (χ0) is 12.7. The minimum Gasteiger partial charge on any atom is -0.462 e. The Morgan fingerprint density at radius 3 is 2.88 bits per heavy atom. The van der Waals surface area contributed by atoms with Crippen molar-refractivity contribution >= 4 is 23.6 Å². The van der Waals surface area contributed by atoms with E-state index in [1.807, 2.05) is 0 Å². The highest BCUT2D eigenvalue weighted by atomic mass is 35.5. The molecule has 0 spiro atoms. The van der Waals surface area contributed by atoms with Crippen LogP contribution in [0.3, 0.4) is 0 Å². The number of benzene rings is 1. The molecule has 0 aliphatic carbocycles. The summed E-state index contributed by atoms with van der Waals surface area (Å²) in [6, 6.07) is 6.90. The molecule has 0 fully saturated rings. The number of nitrogens with zero attached hydrogens (tertiary/aromatic N) is 3. The van der Waals surface area contributed by atoms with Gasteiger partial charge in [-0.1, -0.05) is 34.9 Å². The average Bonchev–Trinajstić information content (AvgIpc) is 2.31. The van der Waals surface area contributed by atoms with Gasteiger partial charge < -0.3 is 4.74 Å². The second-order valence-corrected chi connectivity index (χ2v) is 3.37. The molecule has 0 N–H and O–H groups in total. The van der Waals surface area contributed by atoms with Gasteiger partial charge in [-0.25, -0.2) is 4.79 Å². The molecule has 0 saturated heterocycles. The van der Waals surface area contributed by atoms with Crippen molar-refractivity contribution in [3.8, 4) is 0 Å². The Labute approximate surface area is 103 Å². The Morgan fingerprint density at radius 1 is 1.59 bits per heavy atom. The van der Waals surface area contributed by atoms with Gasteiger partial charge in [0.1, 0.15) is 5.70 Å². The van der Waals surface area contributed by atoms with Crippen molar-refractivity contribution in [3.63, 3.8) is 0 Å². The first kappa shape index (κ1) is 13.1. The largest absolute Gasteiger partial charge is 0.462 e. The molecule has 88 valence electrons. The molecule has 1 rings (SSSR count).